The number of rotatable bonds is 6. The van der Waals surface area contributed by atoms with Crippen LogP contribution in [0.1, 0.15) is 12.8 Å². The zero-order valence-electron chi connectivity index (χ0n) is 12.0. The molecule has 0 aliphatic carbocycles. The Bertz CT molecular complexity index is 688. The highest BCUT2D eigenvalue weighted by atomic mass is 79.9. The topological polar surface area (TPSA) is 58.6 Å². The van der Waals surface area contributed by atoms with Gasteiger partial charge in [0.1, 0.15) is 11.4 Å². The van der Waals surface area contributed by atoms with Crippen LogP contribution in [0.3, 0.4) is 0 Å². The first kappa shape index (κ1) is 17.6. The minimum absolute atomic E-state index is 0.125. The number of amides is 1. The lowest BCUT2D eigenvalue weighted by Gasteiger charge is -2.10. The minimum Gasteiger partial charge on any atom is -0.506 e. The number of ether oxygens (including phenoxy) is 1. The summed E-state index contributed by atoms with van der Waals surface area (Å²) in [6, 6.07) is 9.07. The molecule has 2 aromatic rings. The third-order valence-corrected chi connectivity index (χ3v) is 3.70. The van der Waals surface area contributed by atoms with E-state index in [-0.39, 0.29) is 41.1 Å². The van der Waals surface area contributed by atoms with Crippen molar-refractivity contribution in [2.45, 2.75) is 12.8 Å². The number of phenols is 1. The molecule has 0 atom stereocenters. The fourth-order valence-corrected chi connectivity index (χ4v) is 2.70. The molecule has 0 bridgehead atoms. The van der Waals surface area contributed by atoms with E-state index in [1.165, 1.54) is 18.2 Å². The third-order valence-electron chi connectivity index (χ3n) is 2.94. The Kier molecular flexibility index (Phi) is 6.24. The predicted molar refractivity (Wildman–Crippen MR) is 90.6 cm³/mol. The molecule has 0 saturated heterocycles. The van der Waals surface area contributed by atoms with Crippen LogP contribution in [0, 0.1) is 5.82 Å². The summed E-state index contributed by atoms with van der Waals surface area (Å²) in [5.41, 5.74) is 0.162. The number of phenolic OH excluding ortho intramolecular Hbond substituents is 1. The number of carbonyl (C=O) groups is 1. The smallest absolute Gasteiger partial charge is 0.224 e. The molecule has 7 heteroatoms. The molecule has 4 nitrogen and oxygen atoms in total. The molecular formula is C16H14BrClFNO3. The molecule has 0 heterocycles. The first-order chi connectivity index (χ1) is 11.0. The summed E-state index contributed by atoms with van der Waals surface area (Å²) in [7, 11) is 0. The Morgan fingerprint density at radius 1 is 1.35 bits per heavy atom. The zero-order chi connectivity index (χ0) is 16.8. The highest BCUT2D eigenvalue weighted by molar-refractivity contribution is 9.10. The zero-order valence-corrected chi connectivity index (χ0v) is 14.3. The van der Waals surface area contributed by atoms with Gasteiger partial charge in [0, 0.05) is 10.9 Å². The maximum Gasteiger partial charge on any atom is 0.224 e. The van der Waals surface area contributed by atoms with Gasteiger partial charge in [0.2, 0.25) is 5.91 Å². The number of nitrogens with one attached hydrogen (secondary N) is 1. The van der Waals surface area contributed by atoms with E-state index < -0.39 is 5.82 Å². The largest absolute Gasteiger partial charge is 0.506 e. The SMILES string of the molecule is O=C(CCCOc1ccccc1F)Nc1c(O)cc(Br)cc1Cl. The number of halogens is 3. The van der Waals surface area contributed by atoms with Crippen LogP contribution in [-0.4, -0.2) is 17.6 Å². The Labute approximate surface area is 146 Å². The summed E-state index contributed by atoms with van der Waals surface area (Å²) in [5, 5.41) is 12.6. The summed E-state index contributed by atoms with van der Waals surface area (Å²) in [4.78, 5) is 11.9. The Balaban J connectivity index is 1.81. The van der Waals surface area contributed by atoms with Crippen LogP contribution >= 0.6 is 27.5 Å². The van der Waals surface area contributed by atoms with Crippen LogP contribution < -0.4 is 10.1 Å². The first-order valence-corrected chi connectivity index (χ1v) is 7.99. The van der Waals surface area contributed by atoms with E-state index in [0.29, 0.717) is 10.9 Å². The van der Waals surface area contributed by atoms with Gasteiger partial charge in [-0.25, -0.2) is 4.39 Å². The molecule has 23 heavy (non-hydrogen) atoms. The molecule has 2 aromatic carbocycles. The van der Waals surface area contributed by atoms with Crippen molar-refractivity contribution in [3.8, 4) is 11.5 Å². The lowest BCUT2D eigenvalue weighted by Crippen LogP contribution is -2.13. The Morgan fingerprint density at radius 3 is 2.78 bits per heavy atom. The molecule has 0 radical (unpaired) electrons. The van der Waals surface area contributed by atoms with Crippen molar-refractivity contribution in [3.63, 3.8) is 0 Å². The van der Waals surface area contributed by atoms with Gasteiger partial charge in [0.15, 0.2) is 11.6 Å². The van der Waals surface area contributed by atoms with Crippen molar-refractivity contribution in [2.24, 2.45) is 0 Å². The molecule has 0 fully saturated rings. The quantitative estimate of drug-likeness (QED) is 0.542. The normalized spacial score (nSPS) is 10.4. The predicted octanol–water partition coefficient (Wildman–Crippen LogP) is 4.74. The lowest BCUT2D eigenvalue weighted by molar-refractivity contribution is -0.116. The van der Waals surface area contributed by atoms with E-state index in [9.17, 15) is 14.3 Å². The van der Waals surface area contributed by atoms with Crippen molar-refractivity contribution in [1.29, 1.82) is 0 Å². The first-order valence-electron chi connectivity index (χ1n) is 6.82. The summed E-state index contributed by atoms with van der Waals surface area (Å²) in [5.74, 6) is -0.730. The van der Waals surface area contributed by atoms with E-state index in [1.54, 1.807) is 18.2 Å². The fourth-order valence-electron chi connectivity index (χ4n) is 1.86. The minimum atomic E-state index is -0.441. The highest BCUT2D eigenvalue weighted by Gasteiger charge is 2.12. The molecule has 122 valence electrons. The van der Waals surface area contributed by atoms with Crippen LogP contribution in [0.2, 0.25) is 5.02 Å². The van der Waals surface area contributed by atoms with E-state index in [4.69, 9.17) is 16.3 Å². The van der Waals surface area contributed by atoms with Crippen LogP contribution in [0.25, 0.3) is 0 Å². The summed E-state index contributed by atoms with van der Waals surface area (Å²) in [6.07, 6.45) is 0.551. The van der Waals surface area contributed by atoms with Gasteiger partial charge in [-0.2, -0.15) is 0 Å². The van der Waals surface area contributed by atoms with Crippen molar-refractivity contribution in [1.82, 2.24) is 0 Å². The second-order valence-electron chi connectivity index (χ2n) is 4.71. The van der Waals surface area contributed by atoms with Gasteiger partial charge < -0.3 is 15.2 Å². The number of carbonyl (C=O) groups excluding carboxylic acids is 1. The number of aromatic hydroxyl groups is 1. The van der Waals surface area contributed by atoms with Gasteiger partial charge >= 0.3 is 0 Å². The van der Waals surface area contributed by atoms with Gasteiger partial charge in [-0.15, -0.1) is 0 Å². The highest BCUT2D eigenvalue weighted by Crippen LogP contribution is 2.35. The average molecular weight is 403 g/mol. The second kappa shape index (κ2) is 8.17. The molecule has 0 spiro atoms. The van der Waals surface area contributed by atoms with Gasteiger partial charge in [-0.3, -0.25) is 4.79 Å². The van der Waals surface area contributed by atoms with E-state index >= 15 is 0 Å². The van der Waals surface area contributed by atoms with Crippen molar-refractivity contribution >= 4 is 39.1 Å². The summed E-state index contributed by atoms with van der Waals surface area (Å²) >= 11 is 9.15. The van der Waals surface area contributed by atoms with Gasteiger partial charge in [0.25, 0.3) is 0 Å². The van der Waals surface area contributed by atoms with E-state index in [0.717, 1.165) is 0 Å². The standard InChI is InChI=1S/C16H14BrClFNO3/c17-10-8-11(18)16(13(21)9-10)20-15(22)6-3-7-23-14-5-2-1-4-12(14)19/h1-2,4-5,8-9,21H,3,6-7H2,(H,20,22). The van der Waals surface area contributed by atoms with Crippen molar-refractivity contribution in [3.05, 3.63) is 51.7 Å². The number of benzene rings is 2. The molecule has 2 rings (SSSR count). The number of hydrogen-bond acceptors (Lipinski definition) is 3. The van der Waals surface area contributed by atoms with E-state index in [1.807, 2.05) is 0 Å². The maximum atomic E-state index is 13.3. The number of para-hydroxylation sites is 1. The Morgan fingerprint density at radius 2 is 2.09 bits per heavy atom. The molecule has 1 amide bonds. The fraction of sp³-hybridized carbons (Fsp3) is 0.188. The molecule has 0 aliphatic rings. The monoisotopic (exact) mass is 401 g/mol. The second-order valence-corrected chi connectivity index (χ2v) is 6.04. The molecule has 2 N–H and O–H groups in total. The number of hydrogen-bond donors (Lipinski definition) is 2. The number of anilines is 1. The van der Waals surface area contributed by atoms with Crippen LogP contribution in [-0.2, 0) is 4.79 Å². The molecule has 0 saturated carbocycles. The van der Waals surface area contributed by atoms with Gasteiger partial charge in [0.05, 0.1) is 11.6 Å². The van der Waals surface area contributed by atoms with Gasteiger partial charge in [-0.1, -0.05) is 39.7 Å². The molecule has 0 aliphatic heterocycles. The average Bonchev–Trinajstić information content (AvgIpc) is 2.49. The van der Waals surface area contributed by atoms with E-state index in [2.05, 4.69) is 21.2 Å². The third kappa shape index (κ3) is 5.11. The van der Waals surface area contributed by atoms with Crippen LogP contribution in [0.5, 0.6) is 11.5 Å². The summed E-state index contributed by atoms with van der Waals surface area (Å²) in [6.45, 7) is 0.203. The van der Waals surface area contributed by atoms with Crippen LogP contribution in [0.4, 0.5) is 10.1 Å². The lowest BCUT2D eigenvalue weighted by atomic mass is 10.2. The Hall–Kier alpha value is -1.79. The van der Waals surface area contributed by atoms with Crippen molar-refractivity contribution < 1.29 is 19.0 Å². The maximum absolute atomic E-state index is 13.3. The van der Waals surface area contributed by atoms with Crippen molar-refractivity contribution in [2.75, 3.05) is 11.9 Å². The molecule has 0 unspecified atom stereocenters. The summed E-state index contributed by atoms with van der Waals surface area (Å²) < 4.78 is 19.2. The molecular weight excluding hydrogens is 389 g/mol. The van der Waals surface area contributed by atoms with Crippen LogP contribution in [0.15, 0.2) is 40.9 Å². The molecule has 0 aromatic heterocycles. The van der Waals surface area contributed by atoms with Gasteiger partial charge in [-0.05, 0) is 30.7 Å².